The van der Waals surface area contributed by atoms with E-state index >= 15 is 0 Å². The molecule has 1 heterocycles. The molecule has 0 saturated heterocycles. The standard InChI is InChI=1S/C15H25NO2/c1-6-15(4,5)18-11-14-9-7-8-13(16-14)10-17-12(2)3/h7-9,12H,6,10-11H2,1-5H3. The van der Waals surface area contributed by atoms with Crippen LogP contribution in [0.3, 0.4) is 0 Å². The second kappa shape index (κ2) is 6.86. The van der Waals surface area contributed by atoms with Crippen LogP contribution in [0.25, 0.3) is 0 Å². The molecule has 0 aromatic carbocycles. The summed E-state index contributed by atoms with van der Waals surface area (Å²) in [6.45, 7) is 11.5. The molecule has 0 saturated carbocycles. The van der Waals surface area contributed by atoms with Crippen molar-refractivity contribution in [3.63, 3.8) is 0 Å². The van der Waals surface area contributed by atoms with Gasteiger partial charge in [-0.3, -0.25) is 4.98 Å². The first-order valence-corrected chi connectivity index (χ1v) is 6.63. The molecular weight excluding hydrogens is 226 g/mol. The van der Waals surface area contributed by atoms with E-state index in [1.54, 1.807) is 0 Å². The van der Waals surface area contributed by atoms with Gasteiger partial charge < -0.3 is 9.47 Å². The molecular formula is C15H25NO2. The summed E-state index contributed by atoms with van der Waals surface area (Å²) in [5.74, 6) is 0. The second-order valence-electron chi connectivity index (χ2n) is 5.38. The van der Waals surface area contributed by atoms with Crippen LogP contribution in [0.5, 0.6) is 0 Å². The molecule has 0 aliphatic heterocycles. The number of aromatic nitrogens is 1. The van der Waals surface area contributed by atoms with Gasteiger partial charge in [0.05, 0.1) is 36.3 Å². The molecule has 1 aromatic rings. The lowest BCUT2D eigenvalue weighted by atomic mass is 10.1. The van der Waals surface area contributed by atoms with E-state index in [-0.39, 0.29) is 11.7 Å². The molecule has 0 radical (unpaired) electrons. The summed E-state index contributed by atoms with van der Waals surface area (Å²) >= 11 is 0. The Bertz CT molecular complexity index is 361. The largest absolute Gasteiger partial charge is 0.373 e. The fraction of sp³-hybridized carbons (Fsp3) is 0.667. The number of nitrogens with zero attached hydrogens (tertiary/aromatic N) is 1. The molecule has 0 atom stereocenters. The average Bonchev–Trinajstić information content (AvgIpc) is 2.35. The molecule has 0 fully saturated rings. The van der Waals surface area contributed by atoms with Gasteiger partial charge in [0, 0.05) is 0 Å². The van der Waals surface area contributed by atoms with Crippen LogP contribution in [0.15, 0.2) is 18.2 Å². The second-order valence-corrected chi connectivity index (χ2v) is 5.38. The van der Waals surface area contributed by atoms with Gasteiger partial charge in [0.1, 0.15) is 0 Å². The monoisotopic (exact) mass is 251 g/mol. The molecule has 0 aliphatic carbocycles. The van der Waals surface area contributed by atoms with Crippen LogP contribution in [0, 0.1) is 0 Å². The summed E-state index contributed by atoms with van der Waals surface area (Å²) < 4.78 is 11.4. The highest BCUT2D eigenvalue weighted by Crippen LogP contribution is 2.16. The van der Waals surface area contributed by atoms with Crippen LogP contribution in [0.1, 0.15) is 52.4 Å². The lowest BCUT2D eigenvalue weighted by molar-refractivity contribution is -0.0332. The summed E-state index contributed by atoms with van der Waals surface area (Å²) in [4.78, 5) is 4.53. The van der Waals surface area contributed by atoms with Crippen molar-refractivity contribution in [2.24, 2.45) is 0 Å². The zero-order valence-corrected chi connectivity index (χ0v) is 12.2. The van der Waals surface area contributed by atoms with Crippen LogP contribution in [-0.2, 0) is 22.7 Å². The topological polar surface area (TPSA) is 31.4 Å². The highest BCUT2D eigenvalue weighted by atomic mass is 16.5. The predicted molar refractivity (Wildman–Crippen MR) is 73.3 cm³/mol. The van der Waals surface area contributed by atoms with Crippen molar-refractivity contribution >= 4 is 0 Å². The molecule has 0 unspecified atom stereocenters. The maximum absolute atomic E-state index is 5.84. The minimum absolute atomic E-state index is 0.0912. The Hall–Kier alpha value is -0.930. The molecule has 0 N–H and O–H groups in total. The minimum atomic E-state index is -0.0912. The van der Waals surface area contributed by atoms with Gasteiger partial charge in [-0.15, -0.1) is 0 Å². The molecule has 3 nitrogen and oxygen atoms in total. The zero-order chi connectivity index (χ0) is 13.6. The number of hydrogen-bond donors (Lipinski definition) is 0. The molecule has 0 amide bonds. The van der Waals surface area contributed by atoms with Crippen molar-refractivity contribution in [2.75, 3.05) is 0 Å². The lowest BCUT2D eigenvalue weighted by Crippen LogP contribution is -2.23. The minimum Gasteiger partial charge on any atom is -0.373 e. The van der Waals surface area contributed by atoms with Gasteiger partial charge in [-0.05, 0) is 46.2 Å². The quantitative estimate of drug-likeness (QED) is 0.740. The fourth-order valence-electron chi connectivity index (χ4n) is 1.31. The summed E-state index contributed by atoms with van der Waals surface area (Å²) in [5.41, 5.74) is 1.83. The Morgan fingerprint density at radius 1 is 1.17 bits per heavy atom. The smallest absolute Gasteiger partial charge is 0.0895 e. The van der Waals surface area contributed by atoms with E-state index in [1.165, 1.54) is 0 Å². The van der Waals surface area contributed by atoms with E-state index in [2.05, 4.69) is 25.8 Å². The van der Waals surface area contributed by atoms with Crippen molar-refractivity contribution in [3.05, 3.63) is 29.6 Å². The number of hydrogen-bond acceptors (Lipinski definition) is 3. The SMILES string of the molecule is CCC(C)(C)OCc1cccc(COC(C)C)n1. The molecule has 0 aliphatic rings. The third kappa shape index (κ3) is 5.61. The molecule has 18 heavy (non-hydrogen) atoms. The number of pyridine rings is 1. The van der Waals surface area contributed by atoms with Crippen LogP contribution < -0.4 is 0 Å². The fourth-order valence-corrected chi connectivity index (χ4v) is 1.31. The highest BCUT2D eigenvalue weighted by Gasteiger charge is 2.15. The van der Waals surface area contributed by atoms with Gasteiger partial charge in [0.15, 0.2) is 0 Å². The number of ether oxygens (including phenoxy) is 2. The van der Waals surface area contributed by atoms with Crippen molar-refractivity contribution in [1.29, 1.82) is 0 Å². The van der Waals surface area contributed by atoms with Gasteiger partial charge in [-0.2, -0.15) is 0 Å². The van der Waals surface area contributed by atoms with Crippen LogP contribution in [-0.4, -0.2) is 16.7 Å². The first-order chi connectivity index (χ1) is 8.43. The molecule has 1 aromatic heterocycles. The Balaban J connectivity index is 2.54. The van der Waals surface area contributed by atoms with E-state index in [1.807, 2.05) is 32.0 Å². The molecule has 1 rings (SSSR count). The van der Waals surface area contributed by atoms with E-state index < -0.39 is 0 Å². The van der Waals surface area contributed by atoms with Crippen molar-refractivity contribution in [3.8, 4) is 0 Å². The molecule has 3 heteroatoms. The van der Waals surface area contributed by atoms with Gasteiger partial charge in [-0.1, -0.05) is 13.0 Å². The number of rotatable bonds is 7. The molecule has 0 bridgehead atoms. The Morgan fingerprint density at radius 3 is 2.33 bits per heavy atom. The zero-order valence-electron chi connectivity index (χ0n) is 12.2. The average molecular weight is 251 g/mol. The maximum atomic E-state index is 5.84. The Kier molecular flexibility index (Phi) is 5.76. The van der Waals surface area contributed by atoms with E-state index in [9.17, 15) is 0 Å². The third-order valence-electron chi connectivity index (χ3n) is 2.89. The van der Waals surface area contributed by atoms with E-state index in [4.69, 9.17) is 9.47 Å². The normalized spacial score (nSPS) is 12.1. The van der Waals surface area contributed by atoms with Crippen LogP contribution in [0.2, 0.25) is 0 Å². The Morgan fingerprint density at radius 2 is 1.78 bits per heavy atom. The van der Waals surface area contributed by atoms with Gasteiger partial charge in [0.25, 0.3) is 0 Å². The molecule has 102 valence electrons. The summed E-state index contributed by atoms with van der Waals surface area (Å²) in [7, 11) is 0. The van der Waals surface area contributed by atoms with E-state index in [0.29, 0.717) is 13.2 Å². The van der Waals surface area contributed by atoms with Crippen molar-refractivity contribution < 1.29 is 9.47 Å². The summed E-state index contributed by atoms with van der Waals surface area (Å²) in [5, 5.41) is 0. The van der Waals surface area contributed by atoms with Gasteiger partial charge in [-0.25, -0.2) is 0 Å². The van der Waals surface area contributed by atoms with Crippen LogP contribution >= 0.6 is 0 Å². The first kappa shape index (κ1) is 15.1. The summed E-state index contributed by atoms with van der Waals surface area (Å²) in [6, 6.07) is 5.98. The van der Waals surface area contributed by atoms with Gasteiger partial charge in [0.2, 0.25) is 0 Å². The summed E-state index contributed by atoms with van der Waals surface area (Å²) in [6.07, 6.45) is 1.22. The van der Waals surface area contributed by atoms with E-state index in [0.717, 1.165) is 17.8 Å². The van der Waals surface area contributed by atoms with Crippen molar-refractivity contribution in [2.45, 2.75) is 66.0 Å². The third-order valence-corrected chi connectivity index (χ3v) is 2.89. The van der Waals surface area contributed by atoms with Gasteiger partial charge >= 0.3 is 0 Å². The lowest BCUT2D eigenvalue weighted by Gasteiger charge is -2.23. The Labute approximate surface area is 111 Å². The van der Waals surface area contributed by atoms with Crippen molar-refractivity contribution in [1.82, 2.24) is 4.98 Å². The first-order valence-electron chi connectivity index (χ1n) is 6.63. The highest BCUT2D eigenvalue weighted by molar-refractivity contribution is 5.10. The molecule has 0 spiro atoms. The predicted octanol–water partition coefficient (Wildman–Crippen LogP) is 3.71. The maximum Gasteiger partial charge on any atom is 0.0895 e. The van der Waals surface area contributed by atoms with Crippen LogP contribution in [0.4, 0.5) is 0 Å².